The smallest absolute Gasteiger partial charge is 0.222 e. The Morgan fingerprint density at radius 3 is 2.37 bits per heavy atom. The van der Waals surface area contributed by atoms with E-state index in [0.717, 1.165) is 25.8 Å². The molecule has 1 atom stereocenters. The van der Waals surface area contributed by atoms with E-state index in [4.69, 9.17) is 5.73 Å². The third-order valence-electron chi connectivity index (χ3n) is 4.58. The molecule has 19 heavy (non-hydrogen) atoms. The van der Waals surface area contributed by atoms with Gasteiger partial charge in [0.05, 0.1) is 0 Å². The van der Waals surface area contributed by atoms with Gasteiger partial charge < -0.3 is 10.6 Å². The first-order valence-electron chi connectivity index (χ1n) is 7.47. The molecule has 0 aromatic carbocycles. The zero-order valence-electron chi connectivity index (χ0n) is 12.8. The van der Waals surface area contributed by atoms with Crippen molar-refractivity contribution in [3.05, 3.63) is 0 Å². The molecule has 4 heteroatoms. The second-order valence-corrected chi connectivity index (χ2v) is 6.23. The van der Waals surface area contributed by atoms with Crippen molar-refractivity contribution < 1.29 is 4.79 Å². The molecule has 0 radical (unpaired) electrons. The summed E-state index contributed by atoms with van der Waals surface area (Å²) >= 11 is 0. The lowest BCUT2D eigenvalue weighted by atomic mass is 9.71. The van der Waals surface area contributed by atoms with Gasteiger partial charge in [0.1, 0.15) is 0 Å². The molecule has 1 rings (SSSR count). The van der Waals surface area contributed by atoms with Gasteiger partial charge in [-0.3, -0.25) is 4.79 Å². The maximum absolute atomic E-state index is 12.3. The molecule has 0 heterocycles. The highest BCUT2D eigenvalue weighted by molar-refractivity contribution is 5.85. The van der Waals surface area contributed by atoms with Crippen molar-refractivity contribution in [1.29, 1.82) is 0 Å². The number of hydrogen-bond acceptors (Lipinski definition) is 2. The Morgan fingerprint density at radius 1 is 1.32 bits per heavy atom. The van der Waals surface area contributed by atoms with Crippen LogP contribution in [0.15, 0.2) is 0 Å². The zero-order chi connectivity index (χ0) is 13.6. The summed E-state index contributed by atoms with van der Waals surface area (Å²) in [7, 11) is 1.93. The molecule has 1 unspecified atom stereocenters. The predicted molar refractivity (Wildman–Crippen MR) is 83.5 cm³/mol. The van der Waals surface area contributed by atoms with Crippen LogP contribution in [0.25, 0.3) is 0 Å². The highest BCUT2D eigenvalue weighted by Crippen LogP contribution is 2.38. The van der Waals surface area contributed by atoms with Crippen LogP contribution in [-0.2, 0) is 4.79 Å². The summed E-state index contributed by atoms with van der Waals surface area (Å²) in [6.45, 7) is 5.90. The van der Waals surface area contributed by atoms with Gasteiger partial charge in [0.25, 0.3) is 0 Å². The third-order valence-corrected chi connectivity index (χ3v) is 4.58. The predicted octanol–water partition coefficient (Wildman–Crippen LogP) is 3.21. The van der Waals surface area contributed by atoms with E-state index in [0.29, 0.717) is 18.9 Å². The highest BCUT2D eigenvalue weighted by atomic mass is 35.5. The molecule has 2 N–H and O–H groups in total. The van der Waals surface area contributed by atoms with E-state index in [2.05, 4.69) is 13.8 Å². The molecular weight excluding hydrogens is 260 g/mol. The largest absolute Gasteiger partial charge is 0.345 e. The molecule has 1 fully saturated rings. The molecule has 0 aromatic heterocycles. The van der Waals surface area contributed by atoms with E-state index in [1.54, 1.807) is 0 Å². The Morgan fingerprint density at radius 2 is 1.89 bits per heavy atom. The minimum absolute atomic E-state index is 0. The van der Waals surface area contributed by atoms with Crippen LogP contribution in [0.3, 0.4) is 0 Å². The Kier molecular flexibility index (Phi) is 8.67. The minimum Gasteiger partial charge on any atom is -0.345 e. The van der Waals surface area contributed by atoms with Crippen LogP contribution < -0.4 is 5.73 Å². The first-order valence-corrected chi connectivity index (χ1v) is 7.47. The van der Waals surface area contributed by atoms with E-state index in [1.165, 1.54) is 19.3 Å². The molecule has 1 aliphatic rings. The normalized spacial score (nSPS) is 19.4. The average molecular weight is 291 g/mol. The Bertz CT molecular complexity index is 265. The summed E-state index contributed by atoms with van der Waals surface area (Å²) in [5.74, 6) is 0.863. The van der Waals surface area contributed by atoms with Crippen LogP contribution in [0.4, 0.5) is 0 Å². The molecule has 0 saturated heterocycles. The van der Waals surface area contributed by atoms with Gasteiger partial charge in [-0.05, 0) is 30.7 Å². The highest BCUT2D eigenvalue weighted by Gasteiger charge is 2.33. The van der Waals surface area contributed by atoms with Crippen LogP contribution in [-0.4, -0.2) is 30.9 Å². The van der Waals surface area contributed by atoms with E-state index in [9.17, 15) is 4.79 Å². The van der Waals surface area contributed by atoms with E-state index >= 15 is 0 Å². The fourth-order valence-corrected chi connectivity index (χ4v) is 2.91. The summed E-state index contributed by atoms with van der Waals surface area (Å²) in [5, 5.41) is 0. The fourth-order valence-electron chi connectivity index (χ4n) is 2.91. The van der Waals surface area contributed by atoms with Crippen molar-refractivity contribution in [3.63, 3.8) is 0 Å². The van der Waals surface area contributed by atoms with Crippen LogP contribution in [0.1, 0.15) is 58.8 Å². The monoisotopic (exact) mass is 290 g/mol. The Labute approximate surface area is 124 Å². The zero-order valence-corrected chi connectivity index (χ0v) is 13.6. The molecular formula is C15H31ClN2O. The quantitative estimate of drug-likeness (QED) is 0.816. The maximum atomic E-state index is 12.3. The summed E-state index contributed by atoms with van der Waals surface area (Å²) in [6, 6.07) is 0. The van der Waals surface area contributed by atoms with Crippen molar-refractivity contribution >= 4 is 18.3 Å². The van der Waals surface area contributed by atoms with Crippen molar-refractivity contribution in [1.82, 2.24) is 4.90 Å². The lowest BCUT2D eigenvalue weighted by molar-refractivity contribution is -0.133. The summed E-state index contributed by atoms with van der Waals surface area (Å²) < 4.78 is 0. The van der Waals surface area contributed by atoms with E-state index in [1.807, 2.05) is 11.9 Å². The third kappa shape index (κ3) is 5.70. The van der Waals surface area contributed by atoms with Gasteiger partial charge in [-0.15, -0.1) is 12.4 Å². The summed E-state index contributed by atoms with van der Waals surface area (Å²) in [5.41, 5.74) is 6.04. The number of carbonyl (C=O) groups excluding carboxylic acids is 1. The van der Waals surface area contributed by atoms with Gasteiger partial charge in [0, 0.05) is 20.0 Å². The van der Waals surface area contributed by atoms with Crippen molar-refractivity contribution in [2.24, 2.45) is 17.1 Å². The number of nitrogens with two attached hydrogens (primary N) is 1. The molecule has 0 bridgehead atoms. The average Bonchev–Trinajstić information content (AvgIpc) is 2.39. The van der Waals surface area contributed by atoms with Crippen LogP contribution in [0.2, 0.25) is 0 Å². The Balaban J connectivity index is 0.00000324. The van der Waals surface area contributed by atoms with Crippen LogP contribution in [0.5, 0.6) is 0 Å². The number of halogens is 1. The molecule has 0 aromatic rings. The SMILES string of the molecule is CCC(C)CN(C)C(=O)CC1(CN)CCCCC1.Cl. The van der Waals surface area contributed by atoms with Gasteiger partial charge >= 0.3 is 0 Å². The van der Waals surface area contributed by atoms with E-state index < -0.39 is 0 Å². The second kappa shape index (κ2) is 8.80. The molecule has 1 aliphatic carbocycles. The standard InChI is InChI=1S/C15H30N2O.ClH/c1-4-13(2)11-17(3)14(18)10-15(12-16)8-6-5-7-9-15;/h13H,4-12,16H2,1-3H3;1H. The first kappa shape index (κ1) is 18.7. The van der Waals surface area contributed by atoms with Crippen molar-refractivity contribution in [3.8, 4) is 0 Å². The van der Waals surface area contributed by atoms with Crippen LogP contribution >= 0.6 is 12.4 Å². The minimum atomic E-state index is 0. The molecule has 1 amide bonds. The molecule has 0 aliphatic heterocycles. The second-order valence-electron chi connectivity index (χ2n) is 6.23. The molecule has 0 spiro atoms. The maximum Gasteiger partial charge on any atom is 0.222 e. The van der Waals surface area contributed by atoms with Gasteiger partial charge in [0.2, 0.25) is 5.91 Å². The Hall–Kier alpha value is -0.280. The lowest BCUT2D eigenvalue weighted by Gasteiger charge is -2.37. The number of amides is 1. The molecule has 1 saturated carbocycles. The molecule has 114 valence electrons. The summed E-state index contributed by atoms with van der Waals surface area (Å²) in [4.78, 5) is 14.2. The first-order chi connectivity index (χ1) is 8.53. The summed E-state index contributed by atoms with van der Waals surface area (Å²) in [6.07, 6.45) is 7.81. The van der Waals surface area contributed by atoms with E-state index in [-0.39, 0.29) is 23.7 Å². The lowest BCUT2D eigenvalue weighted by Crippen LogP contribution is -2.40. The number of carbonyl (C=O) groups is 1. The van der Waals surface area contributed by atoms with Gasteiger partial charge in [-0.2, -0.15) is 0 Å². The van der Waals surface area contributed by atoms with Crippen molar-refractivity contribution in [2.45, 2.75) is 58.8 Å². The van der Waals surface area contributed by atoms with Gasteiger partial charge in [-0.25, -0.2) is 0 Å². The van der Waals surface area contributed by atoms with Crippen LogP contribution in [0, 0.1) is 11.3 Å². The number of hydrogen-bond donors (Lipinski definition) is 1. The van der Waals surface area contributed by atoms with Gasteiger partial charge in [0.15, 0.2) is 0 Å². The number of nitrogens with zero attached hydrogens (tertiary/aromatic N) is 1. The fraction of sp³-hybridized carbons (Fsp3) is 0.933. The topological polar surface area (TPSA) is 46.3 Å². The number of rotatable bonds is 6. The molecule has 3 nitrogen and oxygen atoms in total. The van der Waals surface area contributed by atoms with Crippen molar-refractivity contribution in [2.75, 3.05) is 20.1 Å². The van der Waals surface area contributed by atoms with Gasteiger partial charge in [-0.1, -0.05) is 39.5 Å².